The third-order valence-corrected chi connectivity index (χ3v) is 9.97. The van der Waals surface area contributed by atoms with Crippen LogP contribution in [0.2, 0.25) is 8.67 Å². The minimum atomic E-state index is -3.69. The number of nitrogens with one attached hydrogen (secondary N) is 1. The molecule has 178 valence electrons. The molecule has 0 unspecified atom stereocenters. The molecule has 5 heterocycles. The molecule has 0 bridgehead atoms. The van der Waals surface area contributed by atoms with E-state index in [9.17, 15) is 8.42 Å². The maximum Gasteiger partial charge on any atom is 0.245 e. The molecule has 34 heavy (non-hydrogen) atoms. The van der Waals surface area contributed by atoms with Crippen LogP contribution >= 0.6 is 50.5 Å². The van der Waals surface area contributed by atoms with Gasteiger partial charge in [-0.1, -0.05) is 29.3 Å². The summed E-state index contributed by atoms with van der Waals surface area (Å²) in [4.78, 5) is 9.07. The molecule has 1 aliphatic heterocycles. The molecule has 0 amide bonds. The van der Waals surface area contributed by atoms with Crippen LogP contribution in [0.3, 0.4) is 0 Å². The van der Waals surface area contributed by atoms with Gasteiger partial charge in [0.1, 0.15) is 15.0 Å². The summed E-state index contributed by atoms with van der Waals surface area (Å²) >= 11 is 16.7. The van der Waals surface area contributed by atoms with E-state index in [0.29, 0.717) is 42.5 Å². The number of thiophene rings is 1. The van der Waals surface area contributed by atoms with Gasteiger partial charge >= 0.3 is 0 Å². The number of piperidine rings is 1. The summed E-state index contributed by atoms with van der Waals surface area (Å²) in [6.45, 7) is 1.34. The van der Waals surface area contributed by atoms with E-state index < -0.39 is 10.0 Å². The lowest BCUT2D eigenvalue weighted by atomic mass is 9.94. The van der Waals surface area contributed by atoms with Crippen LogP contribution in [0.25, 0.3) is 5.65 Å². The van der Waals surface area contributed by atoms with Crippen molar-refractivity contribution in [2.24, 2.45) is 0 Å². The van der Waals surface area contributed by atoms with Crippen LogP contribution in [0.1, 0.15) is 30.0 Å². The molecule has 5 rings (SSSR count). The summed E-state index contributed by atoms with van der Waals surface area (Å²) in [5.74, 6) is 0.919. The first-order valence-corrected chi connectivity index (χ1v) is 14.3. The van der Waals surface area contributed by atoms with Crippen LogP contribution in [-0.4, -0.2) is 45.4 Å². The highest BCUT2D eigenvalue weighted by Gasteiger charge is 2.33. The molecule has 0 radical (unpaired) electrons. The van der Waals surface area contributed by atoms with Gasteiger partial charge in [-0.25, -0.2) is 13.4 Å². The summed E-state index contributed by atoms with van der Waals surface area (Å²) in [7, 11) is -3.69. The smallest absolute Gasteiger partial charge is 0.245 e. The molecule has 1 N–H and O–H groups in total. The largest absolute Gasteiger partial charge is 0.366 e. The lowest BCUT2D eigenvalue weighted by molar-refractivity contribution is 0.317. The molecule has 0 atom stereocenters. The molecular formula is C21H19BrCl2N6O2S2. The van der Waals surface area contributed by atoms with Gasteiger partial charge in [0.15, 0.2) is 5.65 Å². The summed E-state index contributed by atoms with van der Waals surface area (Å²) in [5, 5.41) is 7.85. The van der Waals surface area contributed by atoms with Crippen molar-refractivity contribution in [3.63, 3.8) is 0 Å². The van der Waals surface area contributed by atoms with E-state index >= 15 is 0 Å². The fourth-order valence-corrected chi connectivity index (χ4v) is 7.95. The van der Waals surface area contributed by atoms with Gasteiger partial charge in [-0.2, -0.15) is 13.9 Å². The zero-order valence-corrected chi connectivity index (χ0v) is 22.4. The second-order valence-electron chi connectivity index (χ2n) is 7.88. The summed E-state index contributed by atoms with van der Waals surface area (Å²) in [6, 6.07) is 7.31. The van der Waals surface area contributed by atoms with Crippen molar-refractivity contribution in [1.29, 1.82) is 0 Å². The third-order valence-electron chi connectivity index (χ3n) is 5.76. The van der Waals surface area contributed by atoms with Crippen LogP contribution in [0.4, 0.5) is 5.82 Å². The molecule has 8 nitrogen and oxygen atoms in total. The number of rotatable bonds is 6. The van der Waals surface area contributed by atoms with Crippen molar-refractivity contribution >= 4 is 72.0 Å². The Morgan fingerprint density at radius 3 is 2.68 bits per heavy atom. The molecule has 0 spiro atoms. The van der Waals surface area contributed by atoms with Gasteiger partial charge < -0.3 is 5.32 Å². The average Bonchev–Trinajstić information content (AvgIpc) is 3.39. The molecule has 13 heteroatoms. The van der Waals surface area contributed by atoms with Crippen LogP contribution in [0.15, 0.2) is 52.2 Å². The maximum absolute atomic E-state index is 13.1. The SMILES string of the molecule is O=S(=O)(c1cc(Cl)sc1Cl)N1CCC(c2cc(NCc3cccnc3)n3ncc(Br)c3n2)CC1. The number of pyridine rings is 1. The zero-order chi connectivity index (χ0) is 23.9. The maximum atomic E-state index is 13.1. The quantitative estimate of drug-likeness (QED) is 0.316. The molecule has 4 aromatic rings. The molecular weight excluding hydrogens is 583 g/mol. The zero-order valence-electron chi connectivity index (χ0n) is 17.7. The number of anilines is 1. The fourth-order valence-electron chi connectivity index (χ4n) is 4.02. The van der Waals surface area contributed by atoms with Crippen molar-refractivity contribution in [2.75, 3.05) is 18.4 Å². The summed E-state index contributed by atoms with van der Waals surface area (Å²) < 4.78 is 30.7. The van der Waals surface area contributed by atoms with Crippen LogP contribution < -0.4 is 5.32 Å². The predicted octanol–water partition coefficient (Wildman–Crippen LogP) is 5.44. The van der Waals surface area contributed by atoms with Crippen molar-refractivity contribution in [2.45, 2.75) is 30.2 Å². The molecule has 0 aromatic carbocycles. The van der Waals surface area contributed by atoms with Crippen molar-refractivity contribution in [1.82, 2.24) is 23.9 Å². The molecule has 4 aromatic heterocycles. The van der Waals surface area contributed by atoms with E-state index in [2.05, 4.69) is 31.3 Å². The Labute approximate surface area is 219 Å². The van der Waals surface area contributed by atoms with Gasteiger partial charge in [-0.3, -0.25) is 4.98 Å². The monoisotopic (exact) mass is 600 g/mol. The average molecular weight is 602 g/mol. The first kappa shape index (κ1) is 24.0. The Bertz CT molecular complexity index is 1440. The van der Waals surface area contributed by atoms with Crippen LogP contribution in [-0.2, 0) is 16.6 Å². The van der Waals surface area contributed by atoms with Crippen molar-refractivity contribution < 1.29 is 8.42 Å². The van der Waals surface area contributed by atoms with E-state index in [-0.39, 0.29) is 15.1 Å². The highest BCUT2D eigenvalue weighted by atomic mass is 79.9. The Balaban J connectivity index is 1.36. The number of sulfonamides is 1. The lowest BCUT2D eigenvalue weighted by Gasteiger charge is -2.31. The molecule has 1 saturated heterocycles. The number of aromatic nitrogens is 4. The normalized spacial score (nSPS) is 15.7. The number of hydrogen-bond donors (Lipinski definition) is 1. The van der Waals surface area contributed by atoms with E-state index in [4.69, 9.17) is 28.2 Å². The van der Waals surface area contributed by atoms with E-state index in [1.807, 2.05) is 24.4 Å². The van der Waals surface area contributed by atoms with E-state index in [0.717, 1.165) is 32.9 Å². The predicted molar refractivity (Wildman–Crippen MR) is 137 cm³/mol. The number of halogens is 3. The fraction of sp³-hybridized carbons (Fsp3) is 0.286. The number of fused-ring (bicyclic) bond motifs is 1. The highest BCUT2D eigenvalue weighted by molar-refractivity contribution is 9.10. The Hall–Kier alpha value is -1.76. The Kier molecular flexibility index (Phi) is 6.84. The second kappa shape index (κ2) is 9.71. The molecule has 1 fully saturated rings. The first-order valence-electron chi connectivity index (χ1n) is 10.4. The number of hydrogen-bond acceptors (Lipinski definition) is 7. The van der Waals surface area contributed by atoms with E-state index in [1.54, 1.807) is 16.9 Å². The van der Waals surface area contributed by atoms with Gasteiger partial charge in [-0.05, 0) is 46.5 Å². The topological polar surface area (TPSA) is 92.5 Å². The first-order chi connectivity index (χ1) is 16.3. The third kappa shape index (κ3) is 4.69. The van der Waals surface area contributed by atoms with Gasteiger partial charge in [-0.15, -0.1) is 11.3 Å². The molecule has 0 aliphatic carbocycles. The van der Waals surface area contributed by atoms with Gasteiger partial charge in [0.2, 0.25) is 10.0 Å². The molecule has 1 aliphatic rings. The van der Waals surface area contributed by atoms with E-state index in [1.165, 1.54) is 10.4 Å². The Morgan fingerprint density at radius 1 is 1.21 bits per heavy atom. The molecule has 0 saturated carbocycles. The minimum Gasteiger partial charge on any atom is -0.366 e. The van der Waals surface area contributed by atoms with Gasteiger partial charge in [0.05, 0.1) is 15.0 Å². The highest BCUT2D eigenvalue weighted by Crippen LogP contribution is 2.38. The summed E-state index contributed by atoms with van der Waals surface area (Å²) in [5.41, 5.74) is 2.66. The van der Waals surface area contributed by atoms with Crippen LogP contribution in [0.5, 0.6) is 0 Å². The van der Waals surface area contributed by atoms with Gasteiger partial charge in [0.25, 0.3) is 0 Å². The standard InChI is InChI=1S/C21H19BrCl2N6O2S2/c22-15-12-27-30-19(26-11-13-2-1-5-25-10-13)8-16(28-21(15)30)14-3-6-29(7-4-14)34(31,32)17-9-18(23)33-20(17)24/h1-2,5,8-10,12,14,26H,3-4,6-7,11H2. The van der Waals surface area contributed by atoms with Gasteiger partial charge in [0, 0.05) is 49.7 Å². The van der Waals surface area contributed by atoms with Crippen molar-refractivity contribution in [3.8, 4) is 0 Å². The summed E-state index contributed by atoms with van der Waals surface area (Å²) in [6.07, 6.45) is 6.56. The lowest BCUT2D eigenvalue weighted by Crippen LogP contribution is -2.38. The second-order valence-corrected chi connectivity index (χ2v) is 12.9. The number of nitrogens with zero attached hydrogens (tertiary/aromatic N) is 5. The van der Waals surface area contributed by atoms with Crippen LogP contribution in [0, 0.1) is 0 Å². The minimum absolute atomic E-state index is 0.0761. The van der Waals surface area contributed by atoms with Crippen molar-refractivity contribution in [3.05, 3.63) is 67.3 Å². The Morgan fingerprint density at radius 2 is 2.00 bits per heavy atom.